The molecule has 2 aliphatic rings. The summed E-state index contributed by atoms with van der Waals surface area (Å²) in [5, 5.41) is 11.1. The monoisotopic (exact) mass is 459 g/mol. The van der Waals surface area contributed by atoms with Gasteiger partial charge in [0, 0.05) is 31.2 Å². The van der Waals surface area contributed by atoms with E-state index in [1.165, 1.54) is 6.26 Å². The van der Waals surface area contributed by atoms with Crippen molar-refractivity contribution in [2.24, 2.45) is 5.92 Å². The number of aromatic nitrogens is 1. The van der Waals surface area contributed by atoms with E-state index < -0.39 is 15.6 Å². The molecule has 4 rings (SSSR count). The Labute approximate surface area is 190 Å². The van der Waals surface area contributed by atoms with Crippen LogP contribution >= 0.6 is 0 Å². The SMILES string of the molecule is CS(=O)(=O)N[C@H]1CCN(c2ccccn2)CC1CO[C@H]1CC[C@@](O)(c2ccccc2)CC1. The first-order chi connectivity index (χ1) is 15.3. The van der Waals surface area contributed by atoms with E-state index >= 15 is 0 Å². The molecule has 0 radical (unpaired) electrons. The number of hydrogen-bond donors (Lipinski definition) is 2. The van der Waals surface area contributed by atoms with E-state index in [1.807, 2.05) is 48.5 Å². The minimum absolute atomic E-state index is 0.0235. The van der Waals surface area contributed by atoms with Crippen LogP contribution in [0.1, 0.15) is 37.7 Å². The third-order valence-electron chi connectivity index (χ3n) is 6.69. The second kappa shape index (κ2) is 9.87. The normalized spacial score (nSPS) is 29.1. The lowest BCUT2D eigenvalue weighted by Crippen LogP contribution is -2.52. The number of anilines is 1. The maximum Gasteiger partial charge on any atom is 0.208 e. The van der Waals surface area contributed by atoms with Crippen molar-refractivity contribution in [1.29, 1.82) is 0 Å². The van der Waals surface area contributed by atoms with Gasteiger partial charge >= 0.3 is 0 Å². The Morgan fingerprint density at radius 1 is 1.12 bits per heavy atom. The molecule has 2 N–H and O–H groups in total. The highest BCUT2D eigenvalue weighted by Gasteiger charge is 2.37. The first-order valence-corrected chi connectivity index (χ1v) is 13.2. The van der Waals surface area contributed by atoms with E-state index in [0.717, 1.165) is 30.8 Å². The third kappa shape index (κ3) is 5.86. The Morgan fingerprint density at radius 2 is 1.84 bits per heavy atom. The Morgan fingerprint density at radius 3 is 2.50 bits per heavy atom. The van der Waals surface area contributed by atoms with Crippen LogP contribution in [0.15, 0.2) is 54.7 Å². The molecule has 1 saturated carbocycles. The standard InChI is InChI=1S/C24H33N3O4S/c1-32(29,30)26-22-12-16-27(23-9-5-6-15-25-23)17-19(22)18-31-21-10-13-24(28,14-11-21)20-7-3-2-4-8-20/h2-9,15,19,21-22,26,28H,10-14,16-18H2,1H3/t19?,21-,22-,24-/m0/s1. The smallest absolute Gasteiger partial charge is 0.208 e. The Kier molecular flexibility index (Phi) is 7.14. The van der Waals surface area contributed by atoms with Crippen molar-refractivity contribution in [1.82, 2.24) is 9.71 Å². The zero-order valence-corrected chi connectivity index (χ0v) is 19.4. The lowest BCUT2D eigenvalue weighted by Gasteiger charge is -2.41. The number of nitrogens with zero attached hydrogens (tertiary/aromatic N) is 2. The number of ether oxygens (including phenoxy) is 1. The van der Waals surface area contributed by atoms with Gasteiger partial charge in [-0.25, -0.2) is 18.1 Å². The van der Waals surface area contributed by atoms with Crippen molar-refractivity contribution < 1.29 is 18.3 Å². The van der Waals surface area contributed by atoms with Crippen molar-refractivity contribution in [2.45, 2.75) is 49.9 Å². The average Bonchev–Trinajstić information content (AvgIpc) is 2.80. The molecule has 1 aliphatic heterocycles. The number of aliphatic hydroxyl groups is 1. The van der Waals surface area contributed by atoms with E-state index in [-0.39, 0.29) is 18.1 Å². The molecule has 32 heavy (non-hydrogen) atoms. The molecule has 0 bridgehead atoms. The quantitative estimate of drug-likeness (QED) is 0.662. The number of piperidine rings is 1. The van der Waals surface area contributed by atoms with E-state index in [4.69, 9.17) is 4.74 Å². The molecular formula is C24H33N3O4S. The fourth-order valence-electron chi connectivity index (χ4n) is 4.91. The van der Waals surface area contributed by atoms with Gasteiger partial charge in [0.25, 0.3) is 0 Å². The minimum Gasteiger partial charge on any atom is -0.385 e. The fraction of sp³-hybridized carbons (Fsp3) is 0.542. The third-order valence-corrected chi connectivity index (χ3v) is 7.42. The molecule has 8 heteroatoms. The molecule has 0 spiro atoms. The van der Waals surface area contributed by atoms with Crippen LogP contribution in [0.3, 0.4) is 0 Å². The van der Waals surface area contributed by atoms with Crippen molar-refractivity contribution >= 4 is 15.8 Å². The molecule has 1 aliphatic carbocycles. The minimum atomic E-state index is -3.30. The van der Waals surface area contributed by atoms with Gasteiger partial charge in [0.15, 0.2) is 0 Å². The highest BCUT2D eigenvalue weighted by molar-refractivity contribution is 7.88. The van der Waals surface area contributed by atoms with Gasteiger partial charge in [-0.1, -0.05) is 36.4 Å². The molecule has 2 fully saturated rings. The van der Waals surface area contributed by atoms with E-state index in [1.54, 1.807) is 6.20 Å². The number of benzene rings is 1. The van der Waals surface area contributed by atoms with Crippen LogP contribution in [-0.2, 0) is 20.4 Å². The molecule has 2 aromatic rings. The molecular weight excluding hydrogens is 426 g/mol. The molecule has 7 nitrogen and oxygen atoms in total. The van der Waals surface area contributed by atoms with Gasteiger partial charge in [-0.15, -0.1) is 0 Å². The highest BCUT2D eigenvalue weighted by atomic mass is 32.2. The van der Waals surface area contributed by atoms with Crippen LogP contribution in [0, 0.1) is 5.92 Å². The number of pyridine rings is 1. The fourth-order valence-corrected chi connectivity index (χ4v) is 5.77. The second-order valence-corrected chi connectivity index (χ2v) is 10.9. The van der Waals surface area contributed by atoms with Crippen molar-refractivity contribution in [2.75, 3.05) is 30.9 Å². The van der Waals surface area contributed by atoms with Gasteiger partial charge in [0.1, 0.15) is 5.82 Å². The summed E-state index contributed by atoms with van der Waals surface area (Å²) in [6.45, 7) is 1.91. The summed E-state index contributed by atoms with van der Waals surface area (Å²) in [5.74, 6) is 0.927. The molecule has 0 amide bonds. The Hall–Kier alpha value is -2.00. The number of sulfonamides is 1. The summed E-state index contributed by atoms with van der Waals surface area (Å²) >= 11 is 0. The largest absolute Gasteiger partial charge is 0.385 e. The predicted molar refractivity (Wildman–Crippen MR) is 125 cm³/mol. The van der Waals surface area contributed by atoms with Crippen LogP contribution in [0.2, 0.25) is 0 Å². The summed E-state index contributed by atoms with van der Waals surface area (Å²) < 4.78 is 32.9. The summed E-state index contributed by atoms with van der Waals surface area (Å²) in [4.78, 5) is 6.65. The zero-order chi connectivity index (χ0) is 22.6. The maximum absolute atomic E-state index is 11.9. The van der Waals surface area contributed by atoms with Crippen LogP contribution in [0.4, 0.5) is 5.82 Å². The van der Waals surface area contributed by atoms with Crippen molar-refractivity contribution in [3.05, 3.63) is 60.3 Å². The number of hydrogen-bond acceptors (Lipinski definition) is 6. The van der Waals surface area contributed by atoms with Gasteiger partial charge in [-0.05, 0) is 49.8 Å². The molecule has 2 heterocycles. The Balaban J connectivity index is 1.36. The van der Waals surface area contributed by atoms with Gasteiger partial charge < -0.3 is 14.7 Å². The number of rotatable bonds is 7. The van der Waals surface area contributed by atoms with Crippen molar-refractivity contribution in [3.8, 4) is 0 Å². The van der Waals surface area contributed by atoms with E-state index in [0.29, 0.717) is 32.4 Å². The molecule has 2 atom stereocenters. The number of nitrogens with one attached hydrogen (secondary N) is 1. The first kappa shape index (κ1) is 23.2. The predicted octanol–water partition coefficient (Wildman–Crippen LogP) is 2.67. The summed E-state index contributed by atoms with van der Waals surface area (Å²) in [6.07, 6.45) is 6.66. The lowest BCUT2D eigenvalue weighted by atomic mass is 9.78. The van der Waals surface area contributed by atoms with Crippen LogP contribution in [-0.4, -0.2) is 56.6 Å². The van der Waals surface area contributed by atoms with Gasteiger partial charge in [0.2, 0.25) is 10.0 Å². The van der Waals surface area contributed by atoms with Crippen molar-refractivity contribution in [3.63, 3.8) is 0 Å². The van der Waals surface area contributed by atoms with Crippen LogP contribution in [0.25, 0.3) is 0 Å². The summed E-state index contributed by atoms with van der Waals surface area (Å²) in [5.41, 5.74) is 0.177. The lowest BCUT2D eigenvalue weighted by molar-refractivity contribution is -0.0677. The topological polar surface area (TPSA) is 91.8 Å². The van der Waals surface area contributed by atoms with Gasteiger partial charge in [-0.2, -0.15) is 0 Å². The van der Waals surface area contributed by atoms with E-state index in [2.05, 4.69) is 14.6 Å². The van der Waals surface area contributed by atoms with E-state index in [9.17, 15) is 13.5 Å². The molecule has 1 saturated heterocycles. The van der Waals surface area contributed by atoms with Gasteiger partial charge in [-0.3, -0.25) is 0 Å². The average molecular weight is 460 g/mol. The van der Waals surface area contributed by atoms with Gasteiger partial charge in [0.05, 0.1) is 24.6 Å². The Bertz CT molecular complexity index is 963. The summed E-state index contributed by atoms with van der Waals surface area (Å²) in [6, 6.07) is 15.5. The maximum atomic E-state index is 11.9. The molecule has 174 valence electrons. The first-order valence-electron chi connectivity index (χ1n) is 11.4. The molecule has 1 unspecified atom stereocenters. The molecule has 1 aromatic carbocycles. The zero-order valence-electron chi connectivity index (χ0n) is 18.6. The van der Waals surface area contributed by atoms with Crippen LogP contribution in [0.5, 0.6) is 0 Å². The summed E-state index contributed by atoms with van der Waals surface area (Å²) in [7, 11) is -3.30. The highest BCUT2D eigenvalue weighted by Crippen LogP contribution is 2.38. The molecule has 1 aromatic heterocycles. The second-order valence-electron chi connectivity index (χ2n) is 9.11. The van der Waals surface area contributed by atoms with Crippen LogP contribution < -0.4 is 9.62 Å².